The molecule has 0 atom stereocenters. The standard InChI is InChI=1S/C18H20N4O2S2/c1-12(2)14-7-4-6-13(3)18(14)19-15-9-10-16(21-20-15)22-26(23,24)17-8-5-11-25-17/h4-12H,1-3H3,(H,19,20)(H,21,22). The minimum absolute atomic E-state index is 0.179. The minimum Gasteiger partial charge on any atom is -0.338 e. The number of benzene rings is 1. The van der Waals surface area contributed by atoms with Gasteiger partial charge in [0.2, 0.25) is 0 Å². The van der Waals surface area contributed by atoms with E-state index in [1.54, 1.807) is 29.6 Å². The van der Waals surface area contributed by atoms with Crippen LogP contribution in [-0.2, 0) is 10.0 Å². The summed E-state index contributed by atoms with van der Waals surface area (Å²) in [5.41, 5.74) is 3.30. The van der Waals surface area contributed by atoms with Crippen molar-refractivity contribution < 1.29 is 8.42 Å². The van der Waals surface area contributed by atoms with Gasteiger partial charge in [-0.1, -0.05) is 38.1 Å². The van der Waals surface area contributed by atoms with Gasteiger partial charge in [0.1, 0.15) is 4.21 Å². The molecule has 1 aromatic carbocycles. The number of aryl methyl sites for hydroxylation is 1. The van der Waals surface area contributed by atoms with Crippen LogP contribution in [0.5, 0.6) is 0 Å². The number of hydrogen-bond donors (Lipinski definition) is 2. The molecule has 2 N–H and O–H groups in total. The van der Waals surface area contributed by atoms with Crippen LogP contribution < -0.4 is 10.0 Å². The first-order valence-electron chi connectivity index (χ1n) is 8.13. The molecule has 0 aliphatic heterocycles. The van der Waals surface area contributed by atoms with Crippen molar-refractivity contribution in [3.05, 3.63) is 59.0 Å². The van der Waals surface area contributed by atoms with E-state index in [4.69, 9.17) is 0 Å². The third-order valence-corrected chi connectivity index (χ3v) is 6.60. The summed E-state index contributed by atoms with van der Waals surface area (Å²) in [7, 11) is -3.62. The average molecular weight is 389 g/mol. The van der Waals surface area contributed by atoms with Gasteiger partial charge in [0, 0.05) is 5.69 Å². The second kappa shape index (κ2) is 7.43. The SMILES string of the molecule is Cc1cccc(C(C)C)c1Nc1ccc(NS(=O)(=O)c2cccs2)nn1. The Labute approximate surface area is 157 Å². The molecular formula is C18H20N4O2S2. The average Bonchev–Trinajstić information content (AvgIpc) is 3.13. The van der Waals surface area contributed by atoms with E-state index < -0.39 is 10.0 Å². The summed E-state index contributed by atoms with van der Waals surface area (Å²) in [5.74, 6) is 1.10. The van der Waals surface area contributed by atoms with E-state index in [1.807, 2.05) is 19.1 Å². The number of thiophene rings is 1. The van der Waals surface area contributed by atoms with E-state index in [-0.39, 0.29) is 10.0 Å². The molecule has 26 heavy (non-hydrogen) atoms. The van der Waals surface area contributed by atoms with Gasteiger partial charge in [0.15, 0.2) is 11.6 Å². The van der Waals surface area contributed by atoms with Gasteiger partial charge >= 0.3 is 0 Å². The second-order valence-electron chi connectivity index (χ2n) is 6.16. The molecule has 0 amide bonds. The zero-order chi connectivity index (χ0) is 18.7. The smallest absolute Gasteiger partial charge is 0.272 e. The van der Waals surface area contributed by atoms with Gasteiger partial charge in [-0.3, -0.25) is 4.72 Å². The normalized spacial score (nSPS) is 11.5. The Hall–Kier alpha value is -2.45. The van der Waals surface area contributed by atoms with Crippen molar-refractivity contribution in [3.63, 3.8) is 0 Å². The number of nitrogens with one attached hydrogen (secondary N) is 2. The molecule has 0 aliphatic rings. The van der Waals surface area contributed by atoms with Crippen LogP contribution in [0.2, 0.25) is 0 Å². The second-order valence-corrected chi connectivity index (χ2v) is 9.02. The molecule has 0 radical (unpaired) electrons. The maximum absolute atomic E-state index is 12.2. The number of para-hydroxylation sites is 1. The van der Waals surface area contributed by atoms with Crippen molar-refractivity contribution in [2.24, 2.45) is 0 Å². The lowest BCUT2D eigenvalue weighted by molar-refractivity contribution is 0.603. The van der Waals surface area contributed by atoms with E-state index in [9.17, 15) is 8.42 Å². The summed E-state index contributed by atoms with van der Waals surface area (Å²) in [5, 5.41) is 13.1. The zero-order valence-corrected chi connectivity index (χ0v) is 16.4. The number of nitrogens with zero attached hydrogens (tertiary/aromatic N) is 2. The molecule has 3 aromatic rings. The predicted octanol–water partition coefficient (Wildman–Crippen LogP) is 4.51. The van der Waals surface area contributed by atoms with Crippen molar-refractivity contribution in [1.82, 2.24) is 10.2 Å². The van der Waals surface area contributed by atoms with Crippen molar-refractivity contribution in [2.45, 2.75) is 30.9 Å². The number of anilines is 3. The number of rotatable bonds is 6. The molecular weight excluding hydrogens is 368 g/mol. The number of hydrogen-bond acceptors (Lipinski definition) is 6. The van der Waals surface area contributed by atoms with Gasteiger partial charge < -0.3 is 5.32 Å². The summed E-state index contributed by atoms with van der Waals surface area (Å²) in [6.45, 7) is 6.30. The lowest BCUT2D eigenvalue weighted by Gasteiger charge is -2.16. The Morgan fingerprint density at radius 3 is 2.35 bits per heavy atom. The Bertz CT molecular complexity index is 983. The fourth-order valence-corrected chi connectivity index (χ4v) is 4.52. The predicted molar refractivity (Wildman–Crippen MR) is 106 cm³/mol. The quantitative estimate of drug-likeness (QED) is 0.649. The minimum atomic E-state index is -3.62. The summed E-state index contributed by atoms with van der Waals surface area (Å²) >= 11 is 1.15. The molecule has 0 saturated heterocycles. The van der Waals surface area contributed by atoms with Crippen molar-refractivity contribution in [1.29, 1.82) is 0 Å². The molecule has 2 heterocycles. The van der Waals surface area contributed by atoms with Crippen molar-refractivity contribution in [3.8, 4) is 0 Å². The highest BCUT2D eigenvalue weighted by atomic mass is 32.2. The Balaban J connectivity index is 1.79. The van der Waals surface area contributed by atoms with Crippen LogP contribution in [0.25, 0.3) is 0 Å². The molecule has 136 valence electrons. The number of aromatic nitrogens is 2. The van der Waals surface area contributed by atoms with Gasteiger partial charge in [0.05, 0.1) is 0 Å². The van der Waals surface area contributed by atoms with E-state index in [0.717, 1.165) is 22.6 Å². The summed E-state index contributed by atoms with van der Waals surface area (Å²) < 4.78 is 27.1. The summed E-state index contributed by atoms with van der Waals surface area (Å²) in [4.78, 5) is 0. The molecule has 6 nitrogen and oxygen atoms in total. The van der Waals surface area contributed by atoms with Crippen LogP contribution in [0.1, 0.15) is 30.9 Å². The molecule has 0 unspecified atom stereocenters. The van der Waals surface area contributed by atoms with E-state index in [0.29, 0.717) is 11.7 Å². The van der Waals surface area contributed by atoms with E-state index in [1.165, 1.54) is 5.56 Å². The highest BCUT2D eigenvalue weighted by molar-refractivity contribution is 7.94. The van der Waals surface area contributed by atoms with Crippen molar-refractivity contribution in [2.75, 3.05) is 10.0 Å². The van der Waals surface area contributed by atoms with Gasteiger partial charge in [-0.2, -0.15) is 0 Å². The van der Waals surface area contributed by atoms with Crippen LogP contribution in [0.3, 0.4) is 0 Å². The Morgan fingerprint density at radius 2 is 1.73 bits per heavy atom. The Morgan fingerprint density at radius 1 is 1.00 bits per heavy atom. The molecule has 0 aliphatic carbocycles. The number of sulfonamides is 1. The van der Waals surface area contributed by atoms with Gasteiger partial charge in [-0.05, 0) is 47.5 Å². The van der Waals surface area contributed by atoms with Gasteiger partial charge in [-0.15, -0.1) is 21.5 Å². The molecule has 2 aromatic heterocycles. The van der Waals surface area contributed by atoms with E-state index >= 15 is 0 Å². The van der Waals surface area contributed by atoms with Crippen LogP contribution >= 0.6 is 11.3 Å². The maximum atomic E-state index is 12.2. The van der Waals surface area contributed by atoms with Crippen LogP contribution in [-0.4, -0.2) is 18.6 Å². The van der Waals surface area contributed by atoms with Crippen LogP contribution in [0.15, 0.2) is 52.1 Å². The maximum Gasteiger partial charge on any atom is 0.272 e. The summed E-state index contributed by atoms with van der Waals surface area (Å²) in [6.07, 6.45) is 0. The molecule has 0 spiro atoms. The molecule has 8 heteroatoms. The molecule has 3 rings (SSSR count). The van der Waals surface area contributed by atoms with Crippen LogP contribution in [0.4, 0.5) is 17.3 Å². The first-order chi connectivity index (χ1) is 12.4. The fourth-order valence-electron chi connectivity index (χ4n) is 2.53. The third-order valence-electron chi connectivity index (χ3n) is 3.84. The van der Waals surface area contributed by atoms with Gasteiger partial charge in [0.25, 0.3) is 10.0 Å². The summed E-state index contributed by atoms with van der Waals surface area (Å²) in [6, 6.07) is 12.7. The van der Waals surface area contributed by atoms with Crippen molar-refractivity contribution >= 4 is 38.7 Å². The molecule has 0 saturated carbocycles. The largest absolute Gasteiger partial charge is 0.338 e. The fraction of sp³-hybridized carbons (Fsp3) is 0.222. The lowest BCUT2D eigenvalue weighted by atomic mass is 9.98. The highest BCUT2D eigenvalue weighted by Gasteiger charge is 2.16. The first-order valence-corrected chi connectivity index (χ1v) is 10.5. The highest BCUT2D eigenvalue weighted by Crippen LogP contribution is 2.29. The van der Waals surface area contributed by atoms with Crippen LogP contribution in [0, 0.1) is 6.92 Å². The topological polar surface area (TPSA) is 84.0 Å². The lowest BCUT2D eigenvalue weighted by Crippen LogP contribution is -2.13. The van der Waals surface area contributed by atoms with E-state index in [2.05, 4.69) is 40.2 Å². The Kier molecular flexibility index (Phi) is 5.24. The molecule has 0 bridgehead atoms. The third kappa shape index (κ3) is 4.03. The monoisotopic (exact) mass is 388 g/mol. The zero-order valence-electron chi connectivity index (χ0n) is 14.7. The van der Waals surface area contributed by atoms with Gasteiger partial charge in [-0.25, -0.2) is 8.42 Å². The molecule has 0 fully saturated rings. The first kappa shape index (κ1) is 18.3.